The van der Waals surface area contributed by atoms with E-state index in [1.165, 1.54) is 38.9 Å². The molecule has 1 heterocycles. The van der Waals surface area contributed by atoms with Crippen LogP contribution in [-0.4, -0.2) is 30.3 Å². The van der Waals surface area contributed by atoms with Crippen LogP contribution in [0.5, 0.6) is 0 Å². The molecule has 0 atom stereocenters. The summed E-state index contributed by atoms with van der Waals surface area (Å²) < 4.78 is 0. The highest BCUT2D eigenvalue weighted by atomic mass is 32.1. The lowest BCUT2D eigenvalue weighted by Crippen LogP contribution is -2.37. The first-order chi connectivity index (χ1) is 4.43. The van der Waals surface area contributed by atoms with Crippen LogP contribution in [0.1, 0.15) is 19.3 Å². The zero-order chi connectivity index (χ0) is 6.53. The molecule has 2 heteroatoms. The fourth-order valence-electron chi connectivity index (χ4n) is 1.05. The summed E-state index contributed by atoms with van der Waals surface area (Å²) in [5.74, 6) is 1.05. The number of hydrogen-bond donors (Lipinski definition) is 1. The molecule has 1 fully saturated rings. The average molecular weight is 145 g/mol. The summed E-state index contributed by atoms with van der Waals surface area (Å²) >= 11 is 4.15. The maximum Gasteiger partial charge on any atom is -0.000654 e. The first-order valence-electron chi connectivity index (χ1n) is 3.76. The van der Waals surface area contributed by atoms with Crippen molar-refractivity contribution < 1.29 is 0 Å². The van der Waals surface area contributed by atoms with Gasteiger partial charge in [-0.05, 0) is 44.6 Å². The normalized spacial score (nSPS) is 19.7. The third-order valence-electron chi connectivity index (χ3n) is 1.83. The zero-order valence-electron chi connectivity index (χ0n) is 5.84. The summed E-state index contributed by atoms with van der Waals surface area (Å²) in [6, 6.07) is 0. The molecule has 0 unspecified atom stereocenters. The van der Waals surface area contributed by atoms with E-state index in [1.807, 2.05) is 0 Å². The first kappa shape index (κ1) is 7.42. The fraction of sp³-hybridized carbons (Fsp3) is 1.00. The predicted octanol–water partition coefficient (Wildman–Crippen LogP) is 1.40. The van der Waals surface area contributed by atoms with Gasteiger partial charge in [0, 0.05) is 0 Å². The smallest absolute Gasteiger partial charge is 0.000654 e. The van der Waals surface area contributed by atoms with Crippen LogP contribution in [-0.2, 0) is 0 Å². The van der Waals surface area contributed by atoms with E-state index in [0.29, 0.717) is 0 Å². The van der Waals surface area contributed by atoms with Gasteiger partial charge in [-0.1, -0.05) is 0 Å². The van der Waals surface area contributed by atoms with Gasteiger partial charge in [-0.2, -0.15) is 12.6 Å². The molecule has 1 rings (SSSR count). The number of unbranched alkanes of at least 4 members (excludes halogenated alkanes) is 1. The average Bonchev–Trinajstić information content (AvgIpc) is 1.76. The highest BCUT2D eigenvalue weighted by molar-refractivity contribution is 7.80. The summed E-state index contributed by atoms with van der Waals surface area (Å²) in [4.78, 5) is 2.50. The Balaban J connectivity index is 1.80. The van der Waals surface area contributed by atoms with Crippen molar-refractivity contribution in [2.45, 2.75) is 19.3 Å². The van der Waals surface area contributed by atoms with E-state index in [0.717, 1.165) is 5.75 Å². The van der Waals surface area contributed by atoms with Crippen LogP contribution < -0.4 is 0 Å². The van der Waals surface area contributed by atoms with E-state index in [2.05, 4.69) is 17.5 Å². The van der Waals surface area contributed by atoms with Gasteiger partial charge in [-0.15, -0.1) is 0 Å². The van der Waals surface area contributed by atoms with Gasteiger partial charge in [0.25, 0.3) is 0 Å². The minimum Gasteiger partial charge on any atom is -0.303 e. The number of hydrogen-bond acceptors (Lipinski definition) is 2. The second-order valence-corrected chi connectivity index (χ2v) is 3.07. The molecule has 1 nitrogen and oxygen atoms in total. The van der Waals surface area contributed by atoms with E-state index in [1.54, 1.807) is 0 Å². The topological polar surface area (TPSA) is 3.24 Å². The quantitative estimate of drug-likeness (QED) is 0.462. The molecule has 1 saturated heterocycles. The Morgan fingerprint density at radius 1 is 1.22 bits per heavy atom. The van der Waals surface area contributed by atoms with Crippen LogP contribution in [0.3, 0.4) is 0 Å². The molecule has 0 N–H and O–H groups in total. The molecular formula is C7H15NS. The summed E-state index contributed by atoms with van der Waals surface area (Å²) in [6.45, 7) is 3.99. The van der Waals surface area contributed by atoms with E-state index < -0.39 is 0 Å². The first-order valence-corrected chi connectivity index (χ1v) is 4.40. The molecule has 0 bridgehead atoms. The molecule has 0 aromatic heterocycles. The third kappa shape index (κ3) is 2.59. The molecule has 1 aliphatic heterocycles. The van der Waals surface area contributed by atoms with Gasteiger partial charge in [-0.25, -0.2) is 0 Å². The Morgan fingerprint density at radius 3 is 2.44 bits per heavy atom. The van der Waals surface area contributed by atoms with Crippen molar-refractivity contribution in [1.29, 1.82) is 0 Å². The molecule has 0 amide bonds. The van der Waals surface area contributed by atoms with E-state index in [-0.39, 0.29) is 0 Å². The van der Waals surface area contributed by atoms with Crippen molar-refractivity contribution in [2.24, 2.45) is 0 Å². The van der Waals surface area contributed by atoms with E-state index in [4.69, 9.17) is 0 Å². The summed E-state index contributed by atoms with van der Waals surface area (Å²) in [7, 11) is 0. The van der Waals surface area contributed by atoms with Crippen molar-refractivity contribution in [3.63, 3.8) is 0 Å². The molecule has 0 aromatic rings. The number of thiol groups is 1. The van der Waals surface area contributed by atoms with Crippen molar-refractivity contribution in [1.82, 2.24) is 4.90 Å². The Kier molecular flexibility index (Phi) is 3.44. The van der Waals surface area contributed by atoms with Crippen LogP contribution in [0.25, 0.3) is 0 Å². The molecule has 1 aliphatic rings. The lowest BCUT2D eigenvalue weighted by Gasteiger charge is -2.30. The van der Waals surface area contributed by atoms with Gasteiger partial charge in [0.05, 0.1) is 0 Å². The van der Waals surface area contributed by atoms with E-state index >= 15 is 0 Å². The van der Waals surface area contributed by atoms with E-state index in [9.17, 15) is 0 Å². The van der Waals surface area contributed by atoms with Crippen molar-refractivity contribution in [2.75, 3.05) is 25.4 Å². The Labute approximate surface area is 62.8 Å². The highest BCUT2D eigenvalue weighted by Gasteiger charge is 2.11. The Bertz CT molecular complexity index is 71.3. The minimum absolute atomic E-state index is 1.05. The lowest BCUT2D eigenvalue weighted by molar-refractivity contribution is 0.179. The van der Waals surface area contributed by atoms with Crippen molar-refractivity contribution in [3.8, 4) is 0 Å². The molecule has 54 valence electrons. The highest BCUT2D eigenvalue weighted by Crippen LogP contribution is 2.06. The van der Waals surface area contributed by atoms with Gasteiger partial charge in [-0.3, -0.25) is 0 Å². The predicted molar refractivity (Wildman–Crippen MR) is 44.1 cm³/mol. The van der Waals surface area contributed by atoms with Gasteiger partial charge in [0.2, 0.25) is 0 Å². The van der Waals surface area contributed by atoms with Gasteiger partial charge in [0.1, 0.15) is 0 Å². The Hall–Kier alpha value is 0.310. The number of rotatable bonds is 4. The fourth-order valence-corrected chi connectivity index (χ4v) is 1.28. The molecule has 0 spiro atoms. The van der Waals surface area contributed by atoms with Crippen LogP contribution in [0, 0.1) is 0 Å². The molecule has 0 saturated carbocycles. The summed E-state index contributed by atoms with van der Waals surface area (Å²) in [5.41, 5.74) is 0. The van der Waals surface area contributed by atoms with Crippen LogP contribution in [0.4, 0.5) is 0 Å². The van der Waals surface area contributed by atoms with Crippen LogP contribution in [0.15, 0.2) is 0 Å². The minimum atomic E-state index is 1.05. The number of likely N-dealkylation sites (tertiary alicyclic amines) is 1. The van der Waals surface area contributed by atoms with Gasteiger partial charge < -0.3 is 4.90 Å². The molecular weight excluding hydrogens is 130 g/mol. The summed E-state index contributed by atoms with van der Waals surface area (Å²) in [6.07, 6.45) is 4.03. The largest absolute Gasteiger partial charge is 0.303 e. The molecule has 0 aliphatic carbocycles. The summed E-state index contributed by atoms with van der Waals surface area (Å²) in [5, 5.41) is 0. The van der Waals surface area contributed by atoms with Crippen molar-refractivity contribution >= 4 is 12.6 Å². The number of nitrogens with zero attached hydrogens (tertiary/aromatic N) is 1. The third-order valence-corrected chi connectivity index (χ3v) is 2.15. The maximum atomic E-state index is 4.15. The van der Waals surface area contributed by atoms with Gasteiger partial charge in [0.15, 0.2) is 0 Å². The Morgan fingerprint density at radius 2 is 2.00 bits per heavy atom. The molecule has 0 aromatic carbocycles. The van der Waals surface area contributed by atoms with Crippen LogP contribution >= 0.6 is 12.6 Å². The zero-order valence-corrected chi connectivity index (χ0v) is 6.74. The second-order valence-electron chi connectivity index (χ2n) is 2.63. The van der Waals surface area contributed by atoms with Gasteiger partial charge >= 0.3 is 0 Å². The SMILES string of the molecule is SCCCCN1CCC1. The molecule has 0 radical (unpaired) electrons. The van der Waals surface area contributed by atoms with Crippen LogP contribution in [0.2, 0.25) is 0 Å². The molecule has 9 heavy (non-hydrogen) atoms. The standard InChI is InChI=1S/C7H15NS/c9-7-2-1-4-8-5-3-6-8/h9H,1-7H2. The maximum absolute atomic E-state index is 4.15. The monoisotopic (exact) mass is 145 g/mol. The lowest BCUT2D eigenvalue weighted by atomic mass is 10.2. The van der Waals surface area contributed by atoms with Crippen molar-refractivity contribution in [3.05, 3.63) is 0 Å². The second kappa shape index (κ2) is 4.18.